The standard InChI is InChI=1S/C18H22ClN5O/c1-11-14(6-4-10-20-11)21-18(25)16-22-17(12-8-9-12)24(23-16)15-7-3-2-5-13(15)19/h2-3,5,7,11-12,14,20H,4,6,8-10H2,1H3,(H,21,25). The van der Waals surface area contributed by atoms with Crippen molar-refractivity contribution in [2.24, 2.45) is 0 Å². The molecular formula is C18H22ClN5O. The molecule has 1 aliphatic carbocycles. The molecule has 4 rings (SSSR count). The Morgan fingerprint density at radius 3 is 2.84 bits per heavy atom. The number of hydrogen-bond acceptors (Lipinski definition) is 4. The van der Waals surface area contributed by atoms with Crippen molar-refractivity contribution >= 4 is 17.5 Å². The third-order valence-corrected chi connectivity index (χ3v) is 5.26. The summed E-state index contributed by atoms with van der Waals surface area (Å²) < 4.78 is 1.73. The van der Waals surface area contributed by atoms with Crippen LogP contribution in [0.2, 0.25) is 5.02 Å². The molecule has 1 saturated heterocycles. The summed E-state index contributed by atoms with van der Waals surface area (Å²) >= 11 is 6.32. The number of amides is 1. The third kappa shape index (κ3) is 3.41. The number of hydrogen-bond donors (Lipinski definition) is 2. The summed E-state index contributed by atoms with van der Waals surface area (Å²) in [5.74, 6) is 1.20. The topological polar surface area (TPSA) is 71.8 Å². The molecular weight excluding hydrogens is 338 g/mol. The van der Waals surface area contributed by atoms with Crippen LogP contribution in [0.25, 0.3) is 5.69 Å². The Bertz CT molecular complexity index is 786. The van der Waals surface area contributed by atoms with Gasteiger partial charge in [0.2, 0.25) is 5.82 Å². The highest BCUT2D eigenvalue weighted by molar-refractivity contribution is 6.32. The second kappa shape index (κ2) is 6.77. The summed E-state index contributed by atoms with van der Waals surface area (Å²) in [6.45, 7) is 3.09. The number of carbonyl (C=O) groups excluding carboxylic acids is 1. The van der Waals surface area contributed by atoms with Crippen LogP contribution in [0, 0.1) is 0 Å². The summed E-state index contributed by atoms with van der Waals surface area (Å²) in [7, 11) is 0. The first kappa shape index (κ1) is 16.5. The summed E-state index contributed by atoms with van der Waals surface area (Å²) in [4.78, 5) is 17.2. The molecule has 0 radical (unpaired) electrons. The van der Waals surface area contributed by atoms with Crippen molar-refractivity contribution in [1.29, 1.82) is 0 Å². The second-order valence-electron chi connectivity index (χ2n) is 6.90. The molecule has 1 amide bonds. The van der Waals surface area contributed by atoms with E-state index in [1.165, 1.54) is 0 Å². The van der Waals surface area contributed by atoms with Crippen LogP contribution in [0.5, 0.6) is 0 Å². The lowest BCUT2D eigenvalue weighted by Crippen LogP contribution is -2.52. The largest absolute Gasteiger partial charge is 0.345 e. The number of para-hydroxylation sites is 1. The predicted molar refractivity (Wildman–Crippen MR) is 96.3 cm³/mol. The molecule has 2 aliphatic rings. The zero-order valence-electron chi connectivity index (χ0n) is 14.2. The molecule has 1 aromatic heterocycles. The quantitative estimate of drug-likeness (QED) is 0.880. The lowest BCUT2D eigenvalue weighted by molar-refractivity contribution is 0.0909. The van der Waals surface area contributed by atoms with Gasteiger partial charge in [-0.2, -0.15) is 0 Å². The molecule has 2 N–H and O–H groups in total. The molecule has 2 fully saturated rings. The molecule has 2 unspecified atom stereocenters. The van der Waals surface area contributed by atoms with E-state index in [2.05, 4.69) is 27.6 Å². The first-order chi connectivity index (χ1) is 12.1. The highest BCUT2D eigenvalue weighted by Gasteiger charge is 2.32. The van der Waals surface area contributed by atoms with Gasteiger partial charge in [0.1, 0.15) is 5.82 Å². The smallest absolute Gasteiger partial charge is 0.291 e. The maximum atomic E-state index is 12.7. The minimum Gasteiger partial charge on any atom is -0.345 e. The molecule has 6 nitrogen and oxygen atoms in total. The number of nitrogens with one attached hydrogen (secondary N) is 2. The van der Waals surface area contributed by atoms with Crippen molar-refractivity contribution in [3.05, 3.63) is 40.9 Å². The number of carbonyl (C=O) groups is 1. The van der Waals surface area contributed by atoms with Gasteiger partial charge >= 0.3 is 0 Å². The molecule has 1 aliphatic heterocycles. The fourth-order valence-electron chi connectivity index (χ4n) is 3.30. The molecule has 1 aromatic carbocycles. The van der Waals surface area contributed by atoms with Crippen molar-refractivity contribution in [2.45, 2.75) is 50.6 Å². The first-order valence-electron chi connectivity index (χ1n) is 8.89. The van der Waals surface area contributed by atoms with Crippen LogP contribution in [-0.4, -0.2) is 39.3 Å². The number of halogens is 1. The van der Waals surface area contributed by atoms with Gasteiger partial charge in [0.15, 0.2) is 0 Å². The molecule has 2 aromatic rings. The van der Waals surface area contributed by atoms with Gasteiger partial charge in [-0.15, -0.1) is 5.10 Å². The fraction of sp³-hybridized carbons (Fsp3) is 0.500. The molecule has 1 saturated carbocycles. The van der Waals surface area contributed by atoms with E-state index in [4.69, 9.17) is 11.6 Å². The Kier molecular flexibility index (Phi) is 4.48. The molecule has 0 bridgehead atoms. The SMILES string of the molecule is CC1NCCCC1NC(=O)c1nc(C2CC2)n(-c2ccccc2Cl)n1. The molecule has 132 valence electrons. The van der Waals surface area contributed by atoms with Gasteiger partial charge in [-0.1, -0.05) is 23.7 Å². The average Bonchev–Trinajstić information content (AvgIpc) is 3.36. The van der Waals surface area contributed by atoms with Crippen molar-refractivity contribution in [3.8, 4) is 5.69 Å². The molecule has 25 heavy (non-hydrogen) atoms. The van der Waals surface area contributed by atoms with Crippen molar-refractivity contribution < 1.29 is 4.79 Å². The molecule has 7 heteroatoms. The summed E-state index contributed by atoms with van der Waals surface area (Å²) in [5.41, 5.74) is 0.769. The Hall–Kier alpha value is -1.92. The van der Waals surface area contributed by atoms with Crippen LogP contribution in [-0.2, 0) is 0 Å². The van der Waals surface area contributed by atoms with Crippen LogP contribution >= 0.6 is 11.6 Å². The molecule has 2 heterocycles. The van der Waals surface area contributed by atoms with Crippen LogP contribution in [0.1, 0.15) is 55.0 Å². The predicted octanol–water partition coefficient (Wildman–Crippen LogP) is 2.67. The number of piperidine rings is 1. The van der Waals surface area contributed by atoms with E-state index in [-0.39, 0.29) is 23.8 Å². The van der Waals surface area contributed by atoms with Crippen molar-refractivity contribution in [1.82, 2.24) is 25.4 Å². The maximum absolute atomic E-state index is 12.7. The normalized spacial score (nSPS) is 23.4. The number of aromatic nitrogens is 3. The zero-order chi connectivity index (χ0) is 17.4. The summed E-state index contributed by atoms with van der Waals surface area (Å²) in [5, 5.41) is 11.6. The van der Waals surface area contributed by atoms with Crippen LogP contribution in [0.3, 0.4) is 0 Å². The molecule has 2 atom stereocenters. The maximum Gasteiger partial charge on any atom is 0.291 e. The van der Waals surface area contributed by atoms with Crippen molar-refractivity contribution in [3.63, 3.8) is 0 Å². The zero-order valence-corrected chi connectivity index (χ0v) is 15.0. The monoisotopic (exact) mass is 359 g/mol. The Balaban J connectivity index is 1.61. The van der Waals surface area contributed by atoms with Gasteiger partial charge < -0.3 is 10.6 Å². The van der Waals surface area contributed by atoms with E-state index in [0.717, 1.165) is 43.7 Å². The van der Waals surface area contributed by atoms with Crippen molar-refractivity contribution in [2.75, 3.05) is 6.54 Å². The fourth-order valence-corrected chi connectivity index (χ4v) is 3.52. The first-order valence-corrected chi connectivity index (χ1v) is 9.27. The highest BCUT2D eigenvalue weighted by Crippen LogP contribution is 2.40. The highest BCUT2D eigenvalue weighted by atomic mass is 35.5. The number of nitrogens with zero attached hydrogens (tertiary/aromatic N) is 3. The van der Waals surface area contributed by atoms with Gasteiger partial charge in [-0.05, 0) is 51.3 Å². The van der Waals surface area contributed by atoms with E-state index in [0.29, 0.717) is 10.9 Å². The van der Waals surface area contributed by atoms with E-state index >= 15 is 0 Å². The van der Waals surface area contributed by atoms with Gasteiger partial charge in [-0.3, -0.25) is 4.79 Å². The number of benzene rings is 1. The van der Waals surface area contributed by atoms with E-state index in [9.17, 15) is 4.79 Å². The molecule has 0 spiro atoms. The lowest BCUT2D eigenvalue weighted by atomic mass is 10.00. The van der Waals surface area contributed by atoms with E-state index in [1.54, 1.807) is 4.68 Å². The second-order valence-corrected chi connectivity index (χ2v) is 7.30. The number of rotatable bonds is 4. The van der Waals surface area contributed by atoms with Crippen LogP contribution < -0.4 is 10.6 Å². The minimum absolute atomic E-state index is 0.109. The Morgan fingerprint density at radius 2 is 2.12 bits per heavy atom. The van der Waals surface area contributed by atoms with Gasteiger partial charge in [0, 0.05) is 18.0 Å². The van der Waals surface area contributed by atoms with Crippen LogP contribution in [0.4, 0.5) is 0 Å². The van der Waals surface area contributed by atoms with Gasteiger partial charge in [0.05, 0.1) is 10.7 Å². The van der Waals surface area contributed by atoms with Gasteiger partial charge in [-0.25, -0.2) is 9.67 Å². The average molecular weight is 360 g/mol. The van der Waals surface area contributed by atoms with Crippen LogP contribution in [0.15, 0.2) is 24.3 Å². The summed E-state index contributed by atoms with van der Waals surface area (Å²) in [6.07, 6.45) is 4.19. The summed E-state index contributed by atoms with van der Waals surface area (Å²) in [6, 6.07) is 7.88. The minimum atomic E-state index is -0.215. The third-order valence-electron chi connectivity index (χ3n) is 4.94. The Morgan fingerprint density at radius 1 is 1.32 bits per heavy atom. The van der Waals surface area contributed by atoms with E-state index in [1.807, 2.05) is 24.3 Å². The van der Waals surface area contributed by atoms with Gasteiger partial charge in [0.25, 0.3) is 5.91 Å². The van der Waals surface area contributed by atoms with E-state index < -0.39 is 0 Å². The lowest BCUT2D eigenvalue weighted by Gasteiger charge is -2.30. The Labute approximate surface area is 152 Å².